The number of azo groups is 1. The predicted octanol–water partition coefficient (Wildman–Crippen LogP) is 4.78. The van der Waals surface area contributed by atoms with Crippen molar-refractivity contribution in [1.82, 2.24) is 19.7 Å². The van der Waals surface area contributed by atoms with Crippen LogP contribution in [0.2, 0.25) is 0 Å². The van der Waals surface area contributed by atoms with E-state index in [-0.39, 0.29) is 0 Å². The number of benzene rings is 1. The van der Waals surface area contributed by atoms with Crippen LogP contribution in [0.3, 0.4) is 0 Å². The number of H-pyrrole nitrogens is 1. The maximum atomic E-state index is 9.65. The minimum Gasteiger partial charge on any atom is -0.463 e. The summed E-state index contributed by atoms with van der Waals surface area (Å²) in [5.74, 6) is 1.02. The Bertz CT molecular complexity index is 1300. The zero-order valence-corrected chi connectivity index (χ0v) is 15.1. The molecule has 3 aromatic heterocycles. The number of hydrogen-bond acceptors (Lipinski definition) is 7. The van der Waals surface area contributed by atoms with Gasteiger partial charge in [0.1, 0.15) is 23.0 Å². The van der Waals surface area contributed by atoms with Gasteiger partial charge in [-0.15, -0.1) is 5.11 Å². The number of aromatic nitrogens is 4. The van der Waals surface area contributed by atoms with Crippen molar-refractivity contribution < 1.29 is 4.42 Å². The van der Waals surface area contributed by atoms with E-state index in [1.807, 2.05) is 30.3 Å². The molecule has 134 valence electrons. The van der Waals surface area contributed by atoms with Crippen LogP contribution >= 0.6 is 12.2 Å². The molecule has 0 radical (unpaired) electrons. The first-order chi connectivity index (χ1) is 13.7. The van der Waals surface area contributed by atoms with Crippen LogP contribution in [0.15, 0.2) is 69.4 Å². The topological polar surface area (TPSA) is 108 Å². The summed E-state index contributed by atoms with van der Waals surface area (Å²) < 4.78 is 7.33. The zero-order chi connectivity index (χ0) is 19.1. The Morgan fingerprint density at radius 2 is 2.04 bits per heavy atom. The van der Waals surface area contributed by atoms with Crippen molar-refractivity contribution in [1.29, 1.82) is 5.26 Å². The van der Waals surface area contributed by atoms with Crippen LogP contribution in [0.1, 0.15) is 17.4 Å². The summed E-state index contributed by atoms with van der Waals surface area (Å²) in [4.78, 5) is 7.34. The molecule has 0 amide bonds. The number of aromatic amines is 1. The summed E-state index contributed by atoms with van der Waals surface area (Å²) in [5.41, 5.74) is 3.04. The molecule has 9 heteroatoms. The van der Waals surface area contributed by atoms with E-state index in [1.54, 1.807) is 29.1 Å². The fourth-order valence-corrected chi connectivity index (χ4v) is 3.33. The number of rotatable bonds is 3. The van der Waals surface area contributed by atoms with Crippen LogP contribution in [-0.4, -0.2) is 19.7 Å². The van der Waals surface area contributed by atoms with Crippen molar-refractivity contribution >= 4 is 18.0 Å². The van der Waals surface area contributed by atoms with Crippen LogP contribution in [-0.2, 0) is 0 Å². The molecule has 1 aliphatic heterocycles. The third-order valence-corrected chi connectivity index (χ3v) is 4.55. The lowest BCUT2D eigenvalue weighted by Crippen LogP contribution is -2.09. The molecule has 4 heterocycles. The van der Waals surface area contributed by atoms with Gasteiger partial charge in [0.2, 0.25) is 6.17 Å². The van der Waals surface area contributed by atoms with Crippen molar-refractivity contribution in [2.75, 3.05) is 0 Å². The van der Waals surface area contributed by atoms with Gasteiger partial charge in [-0.3, -0.25) is 0 Å². The lowest BCUT2D eigenvalue weighted by molar-refractivity contribution is 0.555. The summed E-state index contributed by atoms with van der Waals surface area (Å²) >= 11 is 5.26. The molecule has 0 spiro atoms. The second-order valence-electron chi connectivity index (χ2n) is 6.06. The second-order valence-corrected chi connectivity index (χ2v) is 6.45. The van der Waals surface area contributed by atoms with Crippen LogP contribution in [0, 0.1) is 16.1 Å². The van der Waals surface area contributed by atoms with Crippen LogP contribution in [0.25, 0.3) is 22.7 Å². The van der Waals surface area contributed by atoms with Crippen LogP contribution in [0.5, 0.6) is 0 Å². The molecule has 8 nitrogen and oxygen atoms in total. The smallest absolute Gasteiger partial charge is 0.204 e. The van der Waals surface area contributed by atoms with Crippen molar-refractivity contribution in [3.05, 3.63) is 70.8 Å². The molecule has 4 aromatic rings. The van der Waals surface area contributed by atoms with Gasteiger partial charge in [0.25, 0.3) is 0 Å². The zero-order valence-electron chi connectivity index (χ0n) is 14.3. The molecule has 1 aliphatic rings. The van der Waals surface area contributed by atoms with Crippen molar-refractivity contribution in [2.24, 2.45) is 10.2 Å². The van der Waals surface area contributed by atoms with E-state index >= 15 is 0 Å². The standard InChI is InChI=1S/C19H11N7OS/c20-10-12-16(11-5-2-1-3-6-11)25-26-17(12)23-24-18(26)14-9-13(21-19(28)22-14)15-7-4-8-27-15/h1-9,18H,(H,21,22,28)/t18-/m0/s1. The first kappa shape index (κ1) is 16.3. The van der Waals surface area contributed by atoms with E-state index in [4.69, 9.17) is 16.6 Å². The molecule has 5 rings (SSSR count). The number of nitrogens with one attached hydrogen (secondary N) is 1. The van der Waals surface area contributed by atoms with Gasteiger partial charge >= 0.3 is 0 Å². The fourth-order valence-electron chi connectivity index (χ4n) is 3.11. The molecule has 28 heavy (non-hydrogen) atoms. The highest BCUT2D eigenvalue weighted by Gasteiger charge is 2.30. The largest absolute Gasteiger partial charge is 0.463 e. The Balaban J connectivity index is 1.64. The molecule has 0 bridgehead atoms. The summed E-state index contributed by atoms with van der Waals surface area (Å²) in [6, 6.07) is 17.1. The van der Waals surface area contributed by atoms with E-state index < -0.39 is 6.17 Å². The molecule has 0 saturated carbocycles. The molecule has 0 unspecified atom stereocenters. The molecule has 1 aromatic carbocycles. The van der Waals surface area contributed by atoms with E-state index in [9.17, 15) is 5.26 Å². The highest BCUT2D eigenvalue weighted by molar-refractivity contribution is 7.71. The molecular weight excluding hydrogens is 374 g/mol. The fraction of sp³-hybridized carbons (Fsp3) is 0.0526. The first-order valence-corrected chi connectivity index (χ1v) is 8.79. The molecule has 0 fully saturated rings. The number of nitrogens with zero attached hydrogens (tertiary/aromatic N) is 6. The summed E-state index contributed by atoms with van der Waals surface area (Å²) in [6.07, 6.45) is 1.00. The highest BCUT2D eigenvalue weighted by atomic mass is 32.1. The van der Waals surface area contributed by atoms with Crippen molar-refractivity contribution in [3.63, 3.8) is 0 Å². The second kappa shape index (κ2) is 6.37. The van der Waals surface area contributed by atoms with Gasteiger partial charge in [-0.25, -0.2) is 9.67 Å². The number of nitriles is 1. The van der Waals surface area contributed by atoms with E-state index in [1.165, 1.54) is 0 Å². The maximum Gasteiger partial charge on any atom is 0.204 e. The predicted molar refractivity (Wildman–Crippen MR) is 102 cm³/mol. The quantitative estimate of drug-likeness (QED) is 0.511. The number of fused-ring (bicyclic) bond motifs is 1. The monoisotopic (exact) mass is 385 g/mol. The van der Waals surface area contributed by atoms with Crippen LogP contribution in [0.4, 0.5) is 5.82 Å². The van der Waals surface area contributed by atoms with Crippen molar-refractivity contribution in [2.45, 2.75) is 6.17 Å². The first-order valence-electron chi connectivity index (χ1n) is 8.38. The van der Waals surface area contributed by atoms with Gasteiger partial charge < -0.3 is 9.40 Å². The number of furan rings is 1. The normalized spacial score (nSPS) is 14.8. The third-order valence-electron chi connectivity index (χ3n) is 4.35. The molecule has 1 N–H and O–H groups in total. The van der Waals surface area contributed by atoms with Crippen LogP contribution < -0.4 is 0 Å². The highest BCUT2D eigenvalue weighted by Crippen LogP contribution is 2.39. The van der Waals surface area contributed by atoms with E-state index in [2.05, 4.69) is 31.4 Å². The van der Waals surface area contributed by atoms with Gasteiger partial charge in [0, 0.05) is 5.56 Å². The molecule has 0 aliphatic carbocycles. The lowest BCUT2D eigenvalue weighted by atomic mass is 10.1. The summed E-state index contributed by atoms with van der Waals surface area (Å²) in [6.45, 7) is 0. The van der Waals surface area contributed by atoms with Gasteiger partial charge in [-0.05, 0) is 30.4 Å². The average Bonchev–Trinajstić information content (AvgIpc) is 3.44. The minimum absolute atomic E-state index is 0.295. The Labute approximate surface area is 163 Å². The maximum absolute atomic E-state index is 9.65. The Kier molecular flexibility index (Phi) is 3.70. The molecular formula is C19H11N7OS. The Morgan fingerprint density at radius 3 is 2.79 bits per heavy atom. The SMILES string of the molecule is N#Cc1c(-c2ccccc2)nn2c1N=N[C@@H]2c1cc(-c2ccco2)nc(=S)[nH]1. The van der Waals surface area contributed by atoms with E-state index in [0.717, 1.165) is 5.56 Å². The minimum atomic E-state index is -0.571. The van der Waals surface area contributed by atoms with E-state index in [0.29, 0.717) is 39.0 Å². The van der Waals surface area contributed by atoms with Crippen molar-refractivity contribution in [3.8, 4) is 28.8 Å². The summed E-state index contributed by atoms with van der Waals surface area (Å²) in [7, 11) is 0. The Hall–Kier alpha value is -3.90. The van der Waals surface area contributed by atoms with Gasteiger partial charge in [0.15, 0.2) is 16.3 Å². The number of hydrogen-bond donors (Lipinski definition) is 1. The van der Waals surface area contributed by atoms with Gasteiger partial charge in [-0.1, -0.05) is 30.3 Å². The third kappa shape index (κ3) is 2.55. The average molecular weight is 385 g/mol. The summed E-state index contributed by atoms with van der Waals surface area (Å²) in [5, 5.41) is 22.8. The lowest BCUT2D eigenvalue weighted by Gasteiger charge is -2.09. The van der Waals surface area contributed by atoms with Gasteiger partial charge in [-0.2, -0.15) is 15.5 Å². The Morgan fingerprint density at radius 1 is 1.18 bits per heavy atom. The van der Waals surface area contributed by atoms with Gasteiger partial charge in [0.05, 0.1) is 12.0 Å². The molecule has 1 atom stereocenters. The molecule has 0 saturated heterocycles.